The highest BCUT2D eigenvalue weighted by Crippen LogP contribution is 2.42. The van der Waals surface area contributed by atoms with E-state index in [1.807, 2.05) is 18.2 Å². The summed E-state index contributed by atoms with van der Waals surface area (Å²) >= 11 is 0. The van der Waals surface area contributed by atoms with Crippen LogP contribution in [0, 0.1) is 5.41 Å². The summed E-state index contributed by atoms with van der Waals surface area (Å²) < 4.78 is 31.3. The van der Waals surface area contributed by atoms with Crippen LogP contribution in [0.3, 0.4) is 0 Å². The number of nitrogens with one attached hydrogen (secondary N) is 2. The number of rotatable bonds is 5. The van der Waals surface area contributed by atoms with Gasteiger partial charge < -0.3 is 15.4 Å². The third-order valence-electron chi connectivity index (χ3n) is 5.77. The van der Waals surface area contributed by atoms with Gasteiger partial charge in [0.1, 0.15) is 17.2 Å². The van der Waals surface area contributed by atoms with E-state index >= 15 is 0 Å². The van der Waals surface area contributed by atoms with Crippen molar-refractivity contribution < 1.29 is 13.5 Å². The zero-order valence-electron chi connectivity index (χ0n) is 15.2. The smallest absolute Gasteiger partial charge is 0.387 e. The minimum atomic E-state index is -2.87. The molecule has 2 fully saturated rings. The quantitative estimate of drug-likeness (QED) is 0.703. The van der Waals surface area contributed by atoms with Crippen molar-refractivity contribution in [2.45, 2.75) is 31.9 Å². The number of fused-ring (bicyclic) bond motifs is 1. The second-order valence-corrected chi connectivity index (χ2v) is 7.71. The molecule has 1 spiro atoms. The van der Waals surface area contributed by atoms with Crippen LogP contribution in [0.4, 0.5) is 14.6 Å². The summed E-state index contributed by atoms with van der Waals surface area (Å²) in [7, 11) is 0. The average Bonchev–Trinajstić information content (AvgIpc) is 3.25. The monoisotopic (exact) mass is 385 g/mol. The Labute approximate surface area is 160 Å². The van der Waals surface area contributed by atoms with Crippen molar-refractivity contribution in [1.82, 2.24) is 19.7 Å². The number of hydrogen-bond acceptors (Lipinski definition) is 5. The van der Waals surface area contributed by atoms with E-state index in [0.29, 0.717) is 17.1 Å². The number of halogens is 2. The molecule has 8 heteroatoms. The van der Waals surface area contributed by atoms with E-state index < -0.39 is 6.61 Å². The molecule has 2 aliphatic rings. The van der Waals surface area contributed by atoms with Gasteiger partial charge in [-0.15, -0.1) is 0 Å². The highest BCUT2D eigenvalue weighted by atomic mass is 19.3. The van der Waals surface area contributed by atoms with Gasteiger partial charge in [-0.3, -0.25) is 4.40 Å². The summed E-state index contributed by atoms with van der Waals surface area (Å²) in [6, 6.07) is 9.35. The van der Waals surface area contributed by atoms with Crippen molar-refractivity contribution in [3.63, 3.8) is 0 Å². The lowest BCUT2D eigenvalue weighted by atomic mass is 9.80. The molecule has 1 saturated heterocycles. The highest BCUT2D eigenvalue weighted by molar-refractivity contribution is 5.62. The van der Waals surface area contributed by atoms with Crippen molar-refractivity contribution in [3.8, 4) is 17.1 Å². The first-order valence-corrected chi connectivity index (χ1v) is 9.47. The third kappa shape index (κ3) is 3.17. The second kappa shape index (κ2) is 6.70. The fourth-order valence-corrected chi connectivity index (χ4v) is 4.32. The van der Waals surface area contributed by atoms with E-state index in [1.54, 1.807) is 16.7 Å². The Morgan fingerprint density at radius 2 is 2.14 bits per heavy atom. The van der Waals surface area contributed by atoms with Crippen LogP contribution in [0.5, 0.6) is 5.75 Å². The number of pyridine rings is 2. The molecule has 2 N–H and O–H groups in total. The molecule has 3 aromatic rings. The molecule has 1 aliphatic heterocycles. The van der Waals surface area contributed by atoms with E-state index in [9.17, 15) is 8.78 Å². The topological polar surface area (TPSA) is 63.5 Å². The van der Waals surface area contributed by atoms with Crippen molar-refractivity contribution in [3.05, 3.63) is 42.7 Å². The van der Waals surface area contributed by atoms with Gasteiger partial charge in [0.2, 0.25) is 0 Å². The molecule has 1 atom stereocenters. The molecule has 146 valence electrons. The molecule has 28 heavy (non-hydrogen) atoms. The number of ether oxygens (including phenoxy) is 1. The molecule has 4 heterocycles. The van der Waals surface area contributed by atoms with Gasteiger partial charge in [-0.25, -0.2) is 9.97 Å². The van der Waals surface area contributed by atoms with Crippen molar-refractivity contribution in [2.24, 2.45) is 5.41 Å². The summed E-state index contributed by atoms with van der Waals surface area (Å²) in [6.07, 6.45) is 6.76. The van der Waals surface area contributed by atoms with Crippen LogP contribution >= 0.6 is 0 Å². The summed E-state index contributed by atoms with van der Waals surface area (Å²) in [5.41, 5.74) is 2.57. The second-order valence-electron chi connectivity index (χ2n) is 7.71. The molecule has 5 rings (SSSR count). The molecule has 1 saturated carbocycles. The van der Waals surface area contributed by atoms with Crippen LogP contribution < -0.4 is 15.4 Å². The van der Waals surface area contributed by atoms with Gasteiger partial charge in [0.25, 0.3) is 0 Å². The Morgan fingerprint density at radius 1 is 1.25 bits per heavy atom. The lowest BCUT2D eigenvalue weighted by Crippen LogP contribution is -2.52. The maximum atomic E-state index is 12.5. The summed E-state index contributed by atoms with van der Waals surface area (Å²) in [4.78, 5) is 9.07. The lowest BCUT2D eigenvalue weighted by molar-refractivity contribution is -0.0501. The van der Waals surface area contributed by atoms with Gasteiger partial charge >= 0.3 is 6.61 Å². The first-order valence-electron chi connectivity index (χ1n) is 9.47. The Kier molecular flexibility index (Phi) is 4.16. The standard InChI is InChI=1S/C20H21F2N5O/c21-19(22)28-14-4-5-18-24-9-16(27(18)10-14)15-2-1-3-17(26-15)25-13-6-7-20(8-13)11-23-12-20/h1-5,9-10,13,19,23H,6-8,11-12H2,(H,25,26). The van der Waals surface area contributed by atoms with Gasteiger partial charge in [-0.2, -0.15) is 8.78 Å². The van der Waals surface area contributed by atoms with Gasteiger partial charge in [-0.1, -0.05) is 6.07 Å². The average molecular weight is 385 g/mol. The normalized spacial score (nSPS) is 20.6. The zero-order valence-corrected chi connectivity index (χ0v) is 15.2. The Hall–Kier alpha value is -2.74. The van der Waals surface area contributed by atoms with Crippen LogP contribution in [0.2, 0.25) is 0 Å². The predicted octanol–water partition coefficient (Wildman–Crippen LogP) is 3.55. The minimum Gasteiger partial charge on any atom is -0.433 e. The number of aromatic nitrogens is 3. The van der Waals surface area contributed by atoms with Gasteiger partial charge in [0.05, 0.1) is 23.8 Å². The highest BCUT2D eigenvalue weighted by Gasteiger charge is 2.43. The van der Waals surface area contributed by atoms with E-state index in [4.69, 9.17) is 4.98 Å². The summed E-state index contributed by atoms with van der Waals surface area (Å²) in [5, 5.41) is 6.94. The van der Waals surface area contributed by atoms with E-state index in [2.05, 4.69) is 20.4 Å². The fraction of sp³-hybridized carbons (Fsp3) is 0.400. The first kappa shape index (κ1) is 17.4. The van der Waals surface area contributed by atoms with E-state index in [1.165, 1.54) is 18.7 Å². The zero-order chi connectivity index (χ0) is 19.1. The Morgan fingerprint density at radius 3 is 2.89 bits per heavy atom. The molecule has 0 aromatic carbocycles. The predicted molar refractivity (Wildman–Crippen MR) is 102 cm³/mol. The molecule has 1 aliphatic carbocycles. The number of imidazole rings is 1. The van der Waals surface area contributed by atoms with Crippen LogP contribution in [0.25, 0.3) is 17.0 Å². The first-order chi connectivity index (χ1) is 13.6. The Balaban J connectivity index is 1.40. The van der Waals surface area contributed by atoms with Gasteiger partial charge in [0.15, 0.2) is 0 Å². The molecule has 3 aromatic heterocycles. The molecule has 6 nitrogen and oxygen atoms in total. The summed E-state index contributed by atoms with van der Waals surface area (Å²) in [5.74, 6) is 0.906. The van der Waals surface area contributed by atoms with E-state index in [0.717, 1.165) is 43.1 Å². The molecule has 0 amide bonds. The van der Waals surface area contributed by atoms with Crippen LogP contribution in [0.15, 0.2) is 42.7 Å². The number of hydrogen-bond donors (Lipinski definition) is 2. The minimum absolute atomic E-state index is 0.0846. The SMILES string of the molecule is FC(F)Oc1ccc2ncc(-c3cccc(NC4CCC5(CNC5)C4)n3)n2c1. The van der Waals surface area contributed by atoms with Gasteiger partial charge in [0, 0.05) is 19.1 Å². The maximum Gasteiger partial charge on any atom is 0.387 e. The lowest BCUT2D eigenvalue weighted by Gasteiger charge is -2.39. The van der Waals surface area contributed by atoms with E-state index in [-0.39, 0.29) is 5.75 Å². The molecular formula is C20H21F2N5O. The number of nitrogens with zero attached hydrogens (tertiary/aromatic N) is 3. The van der Waals surface area contributed by atoms with Crippen LogP contribution in [-0.2, 0) is 0 Å². The molecule has 0 bridgehead atoms. The number of anilines is 1. The fourth-order valence-electron chi connectivity index (χ4n) is 4.32. The molecule has 0 radical (unpaired) electrons. The van der Waals surface area contributed by atoms with Gasteiger partial charge in [-0.05, 0) is 48.9 Å². The summed E-state index contributed by atoms with van der Waals surface area (Å²) in [6.45, 7) is -0.636. The third-order valence-corrected chi connectivity index (χ3v) is 5.77. The Bertz CT molecular complexity index is 1000. The van der Waals surface area contributed by atoms with Crippen LogP contribution in [0.1, 0.15) is 19.3 Å². The maximum absolute atomic E-state index is 12.5. The molecule has 1 unspecified atom stereocenters. The van der Waals surface area contributed by atoms with Crippen molar-refractivity contribution in [1.29, 1.82) is 0 Å². The van der Waals surface area contributed by atoms with Crippen molar-refractivity contribution in [2.75, 3.05) is 18.4 Å². The van der Waals surface area contributed by atoms with Crippen LogP contribution in [-0.4, -0.2) is 40.1 Å². The largest absolute Gasteiger partial charge is 0.433 e. The van der Waals surface area contributed by atoms with Crippen molar-refractivity contribution >= 4 is 11.5 Å². The number of alkyl halides is 2. The molecular weight excluding hydrogens is 364 g/mol.